The molecule has 7 heteroatoms. The monoisotopic (exact) mass is 304 g/mol. The lowest BCUT2D eigenvalue weighted by atomic mass is 9.99. The third-order valence-corrected chi connectivity index (χ3v) is 3.28. The number of nitrogens with two attached hydrogens (primary N) is 2. The second-order valence-corrected chi connectivity index (χ2v) is 4.72. The Hall–Kier alpha value is -2.83. The molecule has 2 aromatic carbocycles. The van der Waals surface area contributed by atoms with Crippen LogP contribution in [0.15, 0.2) is 42.5 Å². The smallest absolute Gasteiger partial charge is 0.383 e. The van der Waals surface area contributed by atoms with E-state index in [0.29, 0.717) is 10.9 Å². The Balaban J connectivity index is 2.41. The molecule has 0 bridgehead atoms. The van der Waals surface area contributed by atoms with E-state index in [0.717, 1.165) is 5.39 Å². The molecule has 3 aromatic rings. The van der Waals surface area contributed by atoms with Gasteiger partial charge in [0.05, 0.1) is 5.69 Å². The molecule has 1 aromatic heterocycles. The van der Waals surface area contributed by atoms with Gasteiger partial charge in [0.15, 0.2) is 0 Å². The minimum Gasteiger partial charge on any atom is -0.383 e. The van der Waals surface area contributed by atoms with Crippen molar-refractivity contribution in [2.24, 2.45) is 0 Å². The van der Waals surface area contributed by atoms with Crippen LogP contribution in [-0.4, -0.2) is 9.97 Å². The number of hydrogen-bond donors (Lipinski definition) is 2. The van der Waals surface area contributed by atoms with Gasteiger partial charge in [-0.15, -0.1) is 0 Å². The van der Waals surface area contributed by atoms with E-state index in [2.05, 4.69) is 9.97 Å². The maximum absolute atomic E-state index is 13.3. The third kappa shape index (κ3) is 2.30. The van der Waals surface area contributed by atoms with Gasteiger partial charge in [-0.1, -0.05) is 42.5 Å². The Morgan fingerprint density at radius 1 is 0.864 bits per heavy atom. The Kier molecular flexibility index (Phi) is 3.13. The van der Waals surface area contributed by atoms with E-state index in [1.165, 1.54) is 0 Å². The number of aromatic nitrogens is 2. The van der Waals surface area contributed by atoms with E-state index in [9.17, 15) is 13.2 Å². The van der Waals surface area contributed by atoms with Crippen LogP contribution in [0.2, 0.25) is 0 Å². The van der Waals surface area contributed by atoms with Gasteiger partial charge in [0, 0.05) is 5.56 Å². The first kappa shape index (κ1) is 14.1. The molecule has 0 spiro atoms. The van der Waals surface area contributed by atoms with Crippen molar-refractivity contribution in [1.29, 1.82) is 0 Å². The van der Waals surface area contributed by atoms with Gasteiger partial charge < -0.3 is 11.5 Å². The van der Waals surface area contributed by atoms with E-state index in [4.69, 9.17) is 11.5 Å². The highest BCUT2D eigenvalue weighted by molar-refractivity contribution is 5.97. The number of alkyl halides is 3. The summed E-state index contributed by atoms with van der Waals surface area (Å²) in [6, 6.07) is 12.1. The molecule has 0 amide bonds. The minimum absolute atomic E-state index is 0.298. The van der Waals surface area contributed by atoms with Crippen LogP contribution in [-0.2, 0) is 6.18 Å². The third-order valence-electron chi connectivity index (χ3n) is 3.28. The molecule has 0 radical (unpaired) electrons. The normalized spacial score (nSPS) is 11.8. The van der Waals surface area contributed by atoms with E-state index in [1.54, 1.807) is 42.5 Å². The predicted molar refractivity (Wildman–Crippen MR) is 78.8 cm³/mol. The van der Waals surface area contributed by atoms with Crippen molar-refractivity contribution in [3.63, 3.8) is 0 Å². The molecule has 0 unspecified atom stereocenters. The summed E-state index contributed by atoms with van der Waals surface area (Å²) in [4.78, 5) is 7.22. The zero-order chi connectivity index (χ0) is 15.9. The van der Waals surface area contributed by atoms with Crippen molar-refractivity contribution >= 4 is 22.5 Å². The summed E-state index contributed by atoms with van der Waals surface area (Å²) < 4.78 is 40.0. The quantitative estimate of drug-likeness (QED) is 0.721. The lowest BCUT2D eigenvalue weighted by molar-refractivity contribution is -0.136. The lowest BCUT2D eigenvalue weighted by Crippen LogP contribution is -2.15. The fraction of sp³-hybridized carbons (Fsp3) is 0.0667. The molecular formula is C15H11F3N4. The van der Waals surface area contributed by atoms with Gasteiger partial charge in [0.1, 0.15) is 11.4 Å². The molecule has 1 heterocycles. The fourth-order valence-electron chi connectivity index (χ4n) is 2.40. The van der Waals surface area contributed by atoms with E-state index >= 15 is 0 Å². The molecule has 4 N–H and O–H groups in total. The number of nitrogens with zero attached hydrogens (tertiary/aromatic N) is 2. The number of anilines is 2. The van der Waals surface area contributed by atoms with Gasteiger partial charge in [-0.2, -0.15) is 18.2 Å². The molecule has 22 heavy (non-hydrogen) atoms. The van der Waals surface area contributed by atoms with Crippen molar-refractivity contribution in [1.82, 2.24) is 9.97 Å². The average Bonchev–Trinajstić information content (AvgIpc) is 2.44. The van der Waals surface area contributed by atoms with Crippen molar-refractivity contribution in [3.05, 3.63) is 48.0 Å². The van der Waals surface area contributed by atoms with Crippen LogP contribution in [0, 0.1) is 0 Å². The standard InChI is InChI=1S/C15H11F3N4/c16-15(17,18)11-12(21-14(20)22-13(11)19)10-7-3-5-8-4-1-2-6-9(8)10/h1-7H,(H4,19,20,21,22). The highest BCUT2D eigenvalue weighted by atomic mass is 19.4. The molecule has 0 aliphatic heterocycles. The molecule has 0 atom stereocenters. The molecular weight excluding hydrogens is 293 g/mol. The van der Waals surface area contributed by atoms with Crippen LogP contribution in [0.25, 0.3) is 22.0 Å². The van der Waals surface area contributed by atoms with E-state index < -0.39 is 17.6 Å². The molecule has 112 valence electrons. The maximum Gasteiger partial charge on any atom is 0.422 e. The summed E-state index contributed by atoms with van der Waals surface area (Å²) in [7, 11) is 0. The van der Waals surface area contributed by atoms with Gasteiger partial charge >= 0.3 is 6.18 Å². The first-order valence-corrected chi connectivity index (χ1v) is 6.36. The summed E-state index contributed by atoms with van der Waals surface area (Å²) in [5.41, 5.74) is 9.85. The van der Waals surface area contributed by atoms with Gasteiger partial charge in [-0.25, -0.2) is 4.98 Å². The van der Waals surface area contributed by atoms with Crippen molar-refractivity contribution in [2.75, 3.05) is 11.5 Å². The van der Waals surface area contributed by atoms with Gasteiger partial charge in [-0.3, -0.25) is 0 Å². The summed E-state index contributed by atoms with van der Waals surface area (Å²) in [5.74, 6) is -0.976. The number of fused-ring (bicyclic) bond motifs is 1. The molecule has 0 aliphatic carbocycles. The van der Waals surface area contributed by atoms with Gasteiger partial charge in [-0.05, 0) is 10.8 Å². The molecule has 0 saturated heterocycles. The largest absolute Gasteiger partial charge is 0.422 e. The highest BCUT2D eigenvalue weighted by Crippen LogP contribution is 2.41. The number of benzene rings is 2. The van der Waals surface area contributed by atoms with Crippen LogP contribution < -0.4 is 11.5 Å². The zero-order valence-corrected chi connectivity index (χ0v) is 11.2. The Labute approximate surface area is 123 Å². The van der Waals surface area contributed by atoms with Crippen LogP contribution in [0.3, 0.4) is 0 Å². The first-order chi connectivity index (χ1) is 10.4. The number of nitrogen functional groups attached to an aromatic ring is 2. The van der Waals surface area contributed by atoms with Crippen molar-refractivity contribution in [2.45, 2.75) is 6.18 Å². The Bertz CT molecular complexity index is 854. The summed E-state index contributed by atoms with van der Waals surface area (Å²) in [6.07, 6.45) is -4.68. The summed E-state index contributed by atoms with van der Waals surface area (Å²) in [5, 5.41) is 1.43. The number of hydrogen-bond acceptors (Lipinski definition) is 4. The SMILES string of the molecule is Nc1nc(N)c(C(F)(F)F)c(-c2cccc3ccccc23)n1. The molecule has 3 rings (SSSR count). The highest BCUT2D eigenvalue weighted by Gasteiger charge is 2.38. The molecule has 0 fully saturated rings. The topological polar surface area (TPSA) is 77.8 Å². The Morgan fingerprint density at radius 2 is 1.55 bits per heavy atom. The van der Waals surface area contributed by atoms with Crippen molar-refractivity contribution < 1.29 is 13.2 Å². The summed E-state index contributed by atoms with van der Waals surface area (Å²) in [6.45, 7) is 0. The van der Waals surface area contributed by atoms with Crippen LogP contribution in [0.1, 0.15) is 5.56 Å². The number of halogens is 3. The zero-order valence-electron chi connectivity index (χ0n) is 11.2. The average molecular weight is 304 g/mol. The van der Waals surface area contributed by atoms with E-state index in [1.807, 2.05) is 0 Å². The van der Waals surface area contributed by atoms with E-state index in [-0.39, 0.29) is 11.6 Å². The number of rotatable bonds is 1. The minimum atomic E-state index is -4.68. The second kappa shape index (κ2) is 4.87. The fourth-order valence-corrected chi connectivity index (χ4v) is 2.40. The van der Waals surface area contributed by atoms with Crippen LogP contribution in [0.4, 0.5) is 24.9 Å². The predicted octanol–water partition coefficient (Wildman–Crippen LogP) is 3.48. The first-order valence-electron chi connectivity index (χ1n) is 6.36. The lowest BCUT2D eigenvalue weighted by Gasteiger charge is -2.15. The molecule has 0 aliphatic rings. The Morgan fingerprint density at radius 3 is 2.27 bits per heavy atom. The maximum atomic E-state index is 13.3. The summed E-state index contributed by atoms with van der Waals surface area (Å²) >= 11 is 0. The van der Waals surface area contributed by atoms with Gasteiger partial charge in [0.2, 0.25) is 5.95 Å². The van der Waals surface area contributed by atoms with Crippen molar-refractivity contribution in [3.8, 4) is 11.3 Å². The van der Waals surface area contributed by atoms with Gasteiger partial charge in [0.25, 0.3) is 0 Å². The van der Waals surface area contributed by atoms with Crippen LogP contribution in [0.5, 0.6) is 0 Å². The van der Waals surface area contributed by atoms with Crippen LogP contribution >= 0.6 is 0 Å². The second-order valence-electron chi connectivity index (χ2n) is 4.72. The molecule has 4 nitrogen and oxygen atoms in total. The molecule has 0 saturated carbocycles.